The molecule has 4 amide bonds. The first kappa shape index (κ1) is 18.4. The van der Waals surface area contributed by atoms with Gasteiger partial charge < -0.3 is 19.3 Å². The number of carbonyl (C=O) groups excluding carboxylic acids is 3. The molecule has 2 aliphatic heterocycles. The molecule has 2 aromatic rings. The number of aromatic hydroxyl groups is 1. The predicted molar refractivity (Wildman–Crippen MR) is 101 cm³/mol. The van der Waals surface area contributed by atoms with Crippen LogP contribution >= 0.6 is 0 Å². The highest BCUT2D eigenvalue weighted by Crippen LogP contribution is 2.36. The summed E-state index contributed by atoms with van der Waals surface area (Å²) in [6.07, 6.45) is 1.33. The standard InChI is InChI=1S/C20H16N2O7/c1-2-27-16-8-11(3-5-14(16)23)7-13-18(24)21-20(26)22(19(13)25)12-4-6-15-17(9-12)29-10-28-15/h3-9,23H,2,10H2,1H3,(H,21,24,26)/b13-7-. The second kappa shape index (κ2) is 7.19. The van der Waals surface area contributed by atoms with Crippen molar-refractivity contribution >= 4 is 29.6 Å². The van der Waals surface area contributed by atoms with Gasteiger partial charge in [-0.1, -0.05) is 6.07 Å². The topological polar surface area (TPSA) is 114 Å². The van der Waals surface area contributed by atoms with E-state index in [2.05, 4.69) is 5.32 Å². The number of benzene rings is 2. The van der Waals surface area contributed by atoms with Gasteiger partial charge in [-0.15, -0.1) is 0 Å². The van der Waals surface area contributed by atoms with Crippen LogP contribution in [0.15, 0.2) is 42.0 Å². The number of nitrogens with zero attached hydrogens (tertiary/aromatic N) is 1. The summed E-state index contributed by atoms with van der Waals surface area (Å²) in [5.41, 5.74) is 0.441. The minimum atomic E-state index is -0.864. The second-order valence-corrected chi connectivity index (χ2v) is 6.16. The quantitative estimate of drug-likeness (QED) is 0.601. The zero-order valence-electron chi connectivity index (χ0n) is 15.3. The number of phenolic OH excluding ortho intramolecular Hbond substituents is 1. The molecule has 2 N–H and O–H groups in total. The lowest BCUT2D eigenvalue weighted by Crippen LogP contribution is -2.54. The zero-order chi connectivity index (χ0) is 20.5. The number of imide groups is 2. The van der Waals surface area contributed by atoms with Gasteiger partial charge in [-0.3, -0.25) is 14.9 Å². The van der Waals surface area contributed by atoms with Gasteiger partial charge in [0.05, 0.1) is 12.3 Å². The van der Waals surface area contributed by atoms with Crippen LogP contribution in [0.3, 0.4) is 0 Å². The number of barbiturate groups is 1. The van der Waals surface area contributed by atoms with Crippen LogP contribution in [0.5, 0.6) is 23.0 Å². The Morgan fingerprint density at radius 2 is 1.93 bits per heavy atom. The van der Waals surface area contributed by atoms with Crippen LogP contribution in [0.25, 0.3) is 6.08 Å². The number of carbonyl (C=O) groups is 3. The Balaban J connectivity index is 1.70. The van der Waals surface area contributed by atoms with E-state index in [1.54, 1.807) is 13.0 Å². The van der Waals surface area contributed by atoms with Crippen molar-refractivity contribution in [3.8, 4) is 23.0 Å². The van der Waals surface area contributed by atoms with Gasteiger partial charge in [0.25, 0.3) is 11.8 Å². The molecule has 2 heterocycles. The Morgan fingerprint density at radius 3 is 2.72 bits per heavy atom. The number of hydrogen-bond acceptors (Lipinski definition) is 7. The highest BCUT2D eigenvalue weighted by molar-refractivity contribution is 6.39. The number of phenols is 1. The largest absolute Gasteiger partial charge is 0.504 e. The van der Waals surface area contributed by atoms with Crippen molar-refractivity contribution in [2.24, 2.45) is 0 Å². The molecular weight excluding hydrogens is 380 g/mol. The summed E-state index contributed by atoms with van der Waals surface area (Å²) in [5, 5.41) is 12.0. The Morgan fingerprint density at radius 1 is 1.14 bits per heavy atom. The molecule has 1 fully saturated rings. The Bertz CT molecular complexity index is 1060. The van der Waals surface area contributed by atoms with Gasteiger partial charge in [0.1, 0.15) is 5.57 Å². The van der Waals surface area contributed by atoms with E-state index in [1.807, 2.05) is 0 Å². The minimum Gasteiger partial charge on any atom is -0.504 e. The summed E-state index contributed by atoms with van der Waals surface area (Å²) in [4.78, 5) is 38.4. The molecule has 9 heteroatoms. The molecule has 2 aliphatic rings. The van der Waals surface area contributed by atoms with Crippen molar-refractivity contribution in [2.45, 2.75) is 6.92 Å². The number of nitrogens with one attached hydrogen (secondary N) is 1. The monoisotopic (exact) mass is 396 g/mol. The highest BCUT2D eigenvalue weighted by Gasteiger charge is 2.37. The summed E-state index contributed by atoms with van der Waals surface area (Å²) in [6, 6.07) is 8.13. The van der Waals surface area contributed by atoms with Crippen molar-refractivity contribution in [3.05, 3.63) is 47.5 Å². The molecule has 29 heavy (non-hydrogen) atoms. The SMILES string of the molecule is CCOc1cc(/C=C2/C(=O)NC(=O)N(c3ccc4c(c3)OCO4)C2=O)ccc1O. The van der Waals surface area contributed by atoms with Gasteiger partial charge in [0.15, 0.2) is 23.0 Å². The van der Waals surface area contributed by atoms with E-state index in [-0.39, 0.29) is 29.6 Å². The van der Waals surface area contributed by atoms with Crippen molar-refractivity contribution in [2.75, 3.05) is 18.3 Å². The van der Waals surface area contributed by atoms with Gasteiger partial charge >= 0.3 is 6.03 Å². The lowest BCUT2D eigenvalue weighted by atomic mass is 10.1. The molecule has 0 radical (unpaired) electrons. The van der Waals surface area contributed by atoms with Crippen molar-refractivity contribution in [1.82, 2.24) is 5.32 Å². The number of anilines is 1. The lowest BCUT2D eigenvalue weighted by Gasteiger charge is -2.26. The normalized spacial score (nSPS) is 16.9. The summed E-state index contributed by atoms with van der Waals surface area (Å²) in [7, 11) is 0. The van der Waals surface area contributed by atoms with Gasteiger partial charge in [-0.2, -0.15) is 0 Å². The van der Waals surface area contributed by atoms with E-state index < -0.39 is 17.8 Å². The highest BCUT2D eigenvalue weighted by atomic mass is 16.7. The molecule has 0 atom stereocenters. The van der Waals surface area contributed by atoms with E-state index in [0.717, 1.165) is 4.90 Å². The number of amides is 4. The number of rotatable bonds is 4. The molecular formula is C20H16N2O7. The second-order valence-electron chi connectivity index (χ2n) is 6.16. The maximum atomic E-state index is 13.0. The smallest absolute Gasteiger partial charge is 0.335 e. The molecule has 0 aliphatic carbocycles. The molecule has 4 rings (SSSR count). The van der Waals surface area contributed by atoms with Crippen LogP contribution in [0, 0.1) is 0 Å². The first-order chi connectivity index (χ1) is 14.0. The van der Waals surface area contributed by atoms with Crippen LogP contribution < -0.4 is 24.4 Å². The third-order valence-electron chi connectivity index (χ3n) is 4.31. The third-order valence-corrected chi connectivity index (χ3v) is 4.31. The molecule has 2 aromatic carbocycles. The molecule has 9 nitrogen and oxygen atoms in total. The fraction of sp³-hybridized carbons (Fsp3) is 0.150. The zero-order valence-corrected chi connectivity index (χ0v) is 15.3. The lowest BCUT2D eigenvalue weighted by molar-refractivity contribution is -0.122. The van der Waals surface area contributed by atoms with Crippen LogP contribution in [0.1, 0.15) is 12.5 Å². The summed E-state index contributed by atoms with van der Waals surface area (Å²) >= 11 is 0. The first-order valence-electron chi connectivity index (χ1n) is 8.75. The van der Waals surface area contributed by atoms with Crippen LogP contribution in [-0.2, 0) is 9.59 Å². The van der Waals surface area contributed by atoms with Gasteiger partial charge in [0, 0.05) is 6.07 Å². The molecule has 0 spiro atoms. The number of ether oxygens (including phenoxy) is 3. The number of hydrogen-bond donors (Lipinski definition) is 2. The molecule has 0 saturated carbocycles. The van der Waals surface area contributed by atoms with Crippen LogP contribution in [0.4, 0.5) is 10.5 Å². The van der Waals surface area contributed by atoms with E-state index in [9.17, 15) is 19.5 Å². The summed E-state index contributed by atoms with van der Waals surface area (Å²) < 4.78 is 15.8. The van der Waals surface area contributed by atoms with E-state index in [1.165, 1.54) is 36.4 Å². The van der Waals surface area contributed by atoms with Crippen LogP contribution in [-0.4, -0.2) is 36.4 Å². The molecule has 0 aromatic heterocycles. The summed E-state index contributed by atoms with van der Waals surface area (Å²) in [6.45, 7) is 2.14. The predicted octanol–water partition coefficient (Wildman–Crippen LogP) is 2.19. The first-order valence-corrected chi connectivity index (χ1v) is 8.75. The van der Waals surface area contributed by atoms with Gasteiger partial charge in [-0.05, 0) is 42.8 Å². The van der Waals surface area contributed by atoms with E-state index in [0.29, 0.717) is 23.7 Å². The Labute approximate surface area is 165 Å². The number of urea groups is 1. The Hall–Kier alpha value is -4.01. The summed E-state index contributed by atoms with van der Waals surface area (Å²) in [5.74, 6) is -0.560. The van der Waals surface area contributed by atoms with Crippen molar-refractivity contribution in [1.29, 1.82) is 0 Å². The fourth-order valence-electron chi connectivity index (χ4n) is 2.97. The molecule has 1 saturated heterocycles. The van der Waals surface area contributed by atoms with Crippen LogP contribution in [0.2, 0.25) is 0 Å². The van der Waals surface area contributed by atoms with E-state index >= 15 is 0 Å². The van der Waals surface area contributed by atoms with Crippen molar-refractivity contribution < 1.29 is 33.7 Å². The van der Waals surface area contributed by atoms with Gasteiger partial charge in [-0.25, -0.2) is 9.69 Å². The third kappa shape index (κ3) is 3.33. The fourth-order valence-corrected chi connectivity index (χ4v) is 2.97. The maximum Gasteiger partial charge on any atom is 0.335 e. The number of fused-ring (bicyclic) bond motifs is 1. The molecule has 148 valence electrons. The minimum absolute atomic E-state index is 0.0472. The Kier molecular flexibility index (Phi) is 4.55. The maximum absolute atomic E-state index is 13.0. The average Bonchev–Trinajstić information content (AvgIpc) is 3.15. The van der Waals surface area contributed by atoms with Gasteiger partial charge in [0.2, 0.25) is 6.79 Å². The molecule has 0 unspecified atom stereocenters. The molecule has 0 bridgehead atoms. The average molecular weight is 396 g/mol. The van der Waals surface area contributed by atoms with E-state index in [4.69, 9.17) is 14.2 Å². The van der Waals surface area contributed by atoms with Crippen molar-refractivity contribution in [3.63, 3.8) is 0 Å².